The van der Waals surface area contributed by atoms with Gasteiger partial charge in [-0.1, -0.05) is 42.5 Å². The minimum atomic E-state index is -0.387. The molecule has 0 unspecified atom stereocenters. The average molecular weight is 417 g/mol. The molecule has 3 aromatic carbocycles. The molecule has 7 heteroatoms. The van der Waals surface area contributed by atoms with Gasteiger partial charge in [0.25, 0.3) is 5.69 Å². The fourth-order valence-electron chi connectivity index (χ4n) is 3.33. The molecule has 0 saturated carbocycles. The third-order valence-electron chi connectivity index (χ3n) is 4.99. The second kappa shape index (κ2) is 9.75. The lowest BCUT2D eigenvalue weighted by Gasteiger charge is -2.17. The first-order chi connectivity index (χ1) is 15.2. The van der Waals surface area contributed by atoms with Crippen molar-refractivity contribution >= 4 is 12.0 Å². The fraction of sp³-hybridized carbons (Fsp3) is 0.208. The molecule has 0 N–H and O–H groups in total. The molecule has 4 rings (SSSR count). The van der Waals surface area contributed by atoms with Gasteiger partial charge in [-0.2, -0.15) is 0 Å². The van der Waals surface area contributed by atoms with Crippen molar-refractivity contribution in [2.75, 3.05) is 19.6 Å². The summed E-state index contributed by atoms with van der Waals surface area (Å²) in [7, 11) is 0. The highest BCUT2D eigenvalue weighted by atomic mass is 16.6. The number of non-ortho nitro benzene ring substituents is 1. The number of nitrogens with zero attached hydrogens (tertiary/aromatic N) is 3. The minimum absolute atomic E-state index is 0.0473. The van der Waals surface area contributed by atoms with Gasteiger partial charge in [0.2, 0.25) is 0 Å². The minimum Gasteiger partial charge on any atom is -0.485 e. The van der Waals surface area contributed by atoms with E-state index in [1.807, 2.05) is 60.9 Å². The molecule has 0 radical (unpaired) electrons. The van der Waals surface area contributed by atoms with Gasteiger partial charge in [-0.05, 0) is 30.2 Å². The lowest BCUT2D eigenvalue weighted by Crippen LogP contribution is -2.22. The topological polar surface area (TPSA) is 77.2 Å². The van der Waals surface area contributed by atoms with Crippen LogP contribution < -0.4 is 9.47 Å². The van der Waals surface area contributed by atoms with Crippen molar-refractivity contribution in [2.24, 2.45) is 4.99 Å². The zero-order valence-corrected chi connectivity index (χ0v) is 17.0. The second-order valence-electron chi connectivity index (χ2n) is 7.18. The summed E-state index contributed by atoms with van der Waals surface area (Å²) in [4.78, 5) is 17.2. The van der Waals surface area contributed by atoms with Gasteiger partial charge in [0.05, 0.1) is 17.8 Å². The maximum Gasteiger partial charge on any atom is 0.269 e. The van der Waals surface area contributed by atoms with Gasteiger partial charge in [0.15, 0.2) is 11.5 Å². The molecule has 1 aliphatic heterocycles. The smallest absolute Gasteiger partial charge is 0.269 e. The van der Waals surface area contributed by atoms with Crippen molar-refractivity contribution < 1.29 is 14.4 Å². The Balaban J connectivity index is 1.53. The molecule has 0 saturated heterocycles. The Hall–Kier alpha value is -3.87. The molecule has 0 bridgehead atoms. The Morgan fingerprint density at radius 2 is 1.74 bits per heavy atom. The van der Waals surface area contributed by atoms with E-state index in [9.17, 15) is 10.1 Å². The summed E-state index contributed by atoms with van der Waals surface area (Å²) in [6.45, 7) is 2.78. The first kappa shape index (κ1) is 20.4. The van der Waals surface area contributed by atoms with Gasteiger partial charge in [-0.25, -0.2) is 0 Å². The molecule has 0 spiro atoms. The summed E-state index contributed by atoms with van der Waals surface area (Å²) in [5, 5.41) is 11.3. The Kier molecular flexibility index (Phi) is 6.42. The van der Waals surface area contributed by atoms with Crippen molar-refractivity contribution in [1.29, 1.82) is 0 Å². The quantitative estimate of drug-likeness (QED) is 0.367. The number of nitro groups is 1. The number of para-hydroxylation sites is 2. The third kappa shape index (κ3) is 5.39. The molecular weight excluding hydrogens is 394 g/mol. The van der Waals surface area contributed by atoms with Crippen molar-refractivity contribution in [3.8, 4) is 17.2 Å². The number of hydrogen-bond acceptors (Lipinski definition) is 6. The monoisotopic (exact) mass is 417 g/mol. The molecule has 1 heterocycles. The van der Waals surface area contributed by atoms with Gasteiger partial charge in [-0.15, -0.1) is 0 Å². The molecule has 0 amide bonds. The zero-order chi connectivity index (χ0) is 21.5. The van der Waals surface area contributed by atoms with Gasteiger partial charge in [-0.3, -0.25) is 15.1 Å². The van der Waals surface area contributed by atoms with Crippen LogP contribution >= 0.6 is 0 Å². The predicted molar refractivity (Wildman–Crippen MR) is 119 cm³/mol. The summed E-state index contributed by atoms with van der Waals surface area (Å²) < 4.78 is 12.2. The molecule has 0 atom stereocenters. The van der Waals surface area contributed by atoms with Crippen LogP contribution in [0.1, 0.15) is 11.1 Å². The third-order valence-corrected chi connectivity index (χ3v) is 4.99. The van der Waals surface area contributed by atoms with Gasteiger partial charge < -0.3 is 14.4 Å². The number of aliphatic imine (C=N–C) groups is 1. The first-order valence-corrected chi connectivity index (χ1v) is 10.1. The first-order valence-electron chi connectivity index (χ1n) is 10.1. The number of hydrogen-bond donors (Lipinski definition) is 0. The molecule has 3 aromatic rings. The Morgan fingerprint density at radius 3 is 2.48 bits per heavy atom. The van der Waals surface area contributed by atoms with E-state index >= 15 is 0 Å². The molecule has 0 aliphatic carbocycles. The summed E-state index contributed by atoms with van der Waals surface area (Å²) in [6.07, 6.45) is 2.43. The van der Waals surface area contributed by atoms with E-state index in [1.54, 1.807) is 12.1 Å². The molecular formula is C24H23N3O4. The number of nitro benzene ring substituents is 1. The van der Waals surface area contributed by atoms with Gasteiger partial charge >= 0.3 is 0 Å². The average Bonchev–Trinajstić information content (AvgIpc) is 3.32. The molecule has 0 aromatic heterocycles. The highest BCUT2D eigenvalue weighted by Crippen LogP contribution is 2.35. The van der Waals surface area contributed by atoms with Crippen LogP contribution in [0.4, 0.5) is 5.69 Å². The zero-order valence-electron chi connectivity index (χ0n) is 17.0. The van der Waals surface area contributed by atoms with Crippen molar-refractivity contribution in [2.45, 2.75) is 13.0 Å². The maximum atomic E-state index is 11.3. The van der Waals surface area contributed by atoms with Crippen LogP contribution in [0.25, 0.3) is 0 Å². The molecule has 0 fully saturated rings. The number of rotatable bonds is 9. The van der Waals surface area contributed by atoms with Crippen LogP contribution in [0.2, 0.25) is 0 Å². The number of ether oxygens (including phenoxy) is 2. The second-order valence-corrected chi connectivity index (χ2v) is 7.18. The van der Waals surface area contributed by atoms with E-state index in [4.69, 9.17) is 9.47 Å². The largest absolute Gasteiger partial charge is 0.485 e. The highest BCUT2D eigenvalue weighted by Gasteiger charge is 2.16. The van der Waals surface area contributed by atoms with E-state index in [0.29, 0.717) is 36.8 Å². The Bertz CT molecular complexity index is 1070. The highest BCUT2D eigenvalue weighted by molar-refractivity contribution is 5.57. The SMILES string of the molecule is O=[N+]([O-])c1ccc(Oc2ccccc2OCc2ccccc2)c(CCN2C=NCC2)c1. The van der Waals surface area contributed by atoms with E-state index < -0.39 is 0 Å². The van der Waals surface area contributed by atoms with Gasteiger partial charge in [0.1, 0.15) is 12.4 Å². The summed E-state index contributed by atoms with van der Waals surface area (Å²) in [6, 6.07) is 22.0. The van der Waals surface area contributed by atoms with Crippen LogP contribution in [0.15, 0.2) is 77.8 Å². The standard InChI is InChI=1S/C24H23N3O4/c28-27(29)21-10-11-22(20(16-21)12-14-26-15-13-25-18-26)31-24-9-5-4-8-23(24)30-17-19-6-2-1-3-7-19/h1-11,16,18H,12-15,17H2. The maximum absolute atomic E-state index is 11.3. The van der Waals surface area contributed by atoms with Crippen LogP contribution in [0, 0.1) is 10.1 Å². The molecule has 1 aliphatic rings. The Morgan fingerprint density at radius 1 is 0.968 bits per heavy atom. The Labute approximate surface area is 180 Å². The molecule has 31 heavy (non-hydrogen) atoms. The predicted octanol–water partition coefficient (Wildman–Crippen LogP) is 4.85. The van der Waals surface area contributed by atoms with Crippen molar-refractivity contribution in [3.05, 3.63) is 94.0 Å². The number of benzene rings is 3. The van der Waals surface area contributed by atoms with E-state index in [2.05, 4.69) is 9.89 Å². The lowest BCUT2D eigenvalue weighted by molar-refractivity contribution is -0.384. The summed E-state index contributed by atoms with van der Waals surface area (Å²) in [5.74, 6) is 1.76. The van der Waals surface area contributed by atoms with Crippen molar-refractivity contribution in [1.82, 2.24) is 4.90 Å². The van der Waals surface area contributed by atoms with Crippen LogP contribution in [0.5, 0.6) is 17.2 Å². The van der Waals surface area contributed by atoms with Crippen LogP contribution in [-0.4, -0.2) is 35.8 Å². The van der Waals surface area contributed by atoms with Crippen LogP contribution in [0.3, 0.4) is 0 Å². The van der Waals surface area contributed by atoms with Crippen molar-refractivity contribution in [3.63, 3.8) is 0 Å². The van der Waals surface area contributed by atoms with E-state index in [1.165, 1.54) is 6.07 Å². The molecule has 7 nitrogen and oxygen atoms in total. The fourth-order valence-corrected chi connectivity index (χ4v) is 3.33. The molecule has 158 valence electrons. The summed E-state index contributed by atoms with van der Waals surface area (Å²) >= 11 is 0. The summed E-state index contributed by atoms with van der Waals surface area (Å²) in [5.41, 5.74) is 1.87. The van der Waals surface area contributed by atoms with Crippen LogP contribution in [-0.2, 0) is 13.0 Å². The van der Waals surface area contributed by atoms with Gasteiger partial charge in [0, 0.05) is 30.8 Å². The van der Waals surface area contributed by atoms with E-state index in [-0.39, 0.29) is 10.6 Å². The van der Waals surface area contributed by atoms with E-state index in [0.717, 1.165) is 24.2 Å². The normalized spacial score (nSPS) is 12.7. The lowest BCUT2D eigenvalue weighted by atomic mass is 10.1.